The van der Waals surface area contributed by atoms with E-state index in [2.05, 4.69) is 15.4 Å². The van der Waals surface area contributed by atoms with Gasteiger partial charge >= 0.3 is 6.09 Å². The van der Waals surface area contributed by atoms with Crippen LogP contribution in [0.3, 0.4) is 0 Å². The van der Waals surface area contributed by atoms with E-state index in [1.807, 2.05) is 18.2 Å². The number of nitrogens with one attached hydrogen (secondary N) is 3. The molecular formula is C35H43ClFN5O8S. The summed E-state index contributed by atoms with van der Waals surface area (Å²) in [5, 5.41) is 17.1. The summed E-state index contributed by atoms with van der Waals surface area (Å²) in [6.45, 7) is 0.244. The van der Waals surface area contributed by atoms with Gasteiger partial charge in [0.25, 0.3) is 0 Å². The third-order valence-electron chi connectivity index (χ3n) is 10.5. The first-order valence-corrected chi connectivity index (χ1v) is 19.3. The van der Waals surface area contributed by atoms with E-state index in [4.69, 9.17) is 16.3 Å². The number of carbonyl (C=O) groups is 4. The summed E-state index contributed by atoms with van der Waals surface area (Å²) in [4.78, 5) is 55.6. The van der Waals surface area contributed by atoms with E-state index < -0.39 is 75.5 Å². The summed E-state index contributed by atoms with van der Waals surface area (Å²) in [5.41, 5.74) is -1.10. The first-order chi connectivity index (χ1) is 24.4. The number of fused-ring (bicyclic) bond motifs is 3. The smallest absolute Gasteiger partial charge is 0.410 e. The van der Waals surface area contributed by atoms with Crippen molar-refractivity contribution in [2.75, 3.05) is 19.6 Å². The maximum absolute atomic E-state index is 14.4. The number of aliphatic hydroxyl groups is 1. The SMILES string of the molecule is O=CN[C@H]1CCCCC/C=C\[C@@H]2C[C@@]2(C(O)NS(=O)(=O)Cc2ccccc2Cl)NC(=O)[C@@H]2C[C@@H](OC(=O)N3CC4C=CC=C(F)C4C3)CN2C1=O. The molecule has 6 rings (SSSR count). The standard InChI is InChI=1S/C35H43ClFN5O8S/c36-27-12-7-6-9-23(27)20-51(48,49)40-33(46)35-16-24(35)11-4-2-1-3-5-14-29(38-21-43)32(45)42-18-25(15-30(42)31(44)39-35)50-34(47)41-17-22-10-8-13-28(37)26(22)19-41/h4,6-13,21-22,24-26,29-30,33,40,46H,1-3,5,14-20H2,(H,38,43)(H,39,44)/b11-4-/t22?,24-,25-,26?,29+,30+,33?,35-/m1/s1. The van der Waals surface area contributed by atoms with Crippen LogP contribution in [-0.2, 0) is 34.9 Å². The monoisotopic (exact) mass is 747 g/mol. The summed E-state index contributed by atoms with van der Waals surface area (Å²) < 4.78 is 48.9. The molecule has 2 saturated heterocycles. The number of carbonyl (C=O) groups excluding carboxylic acids is 4. The molecule has 3 fully saturated rings. The average Bonchev–Trinajstić information content (AvgIpc) is 3.38. The van der Waals surface area contributed by atoms with Crippen LogP contribution >= 0.6 is 11.6 Å². The fraction of sp³-hybridized carbons (Fsp3) is 0.543. The van der Waals surface area contributed by atoms with E-state index in [1.165, 1.54) is 15.9 Å². The van der Waals surface area contributed by atoms with Gasteiger partial charge in [-0.3, -0.25) is 14.4 Å². The lowest BCUT2D eigenvalue weighted by atomic mass is 9.91. The van der Waals surface area contributed by atoms with E-state index in [1.54, 1.807) is 30.3 Å². The number of benzene rings is 1. The zero-order chi connectivity index (χ0) is 36.3. The Kier molecular flexibility index (Phi) is 11.2. The van der Waals surface area contributed by atoms with Crippen molar-refractivity contribution in [3.05, 3.63) is 71.1 Å². The number of hydrogen-bond donors (Lipinski definition) is 4. The minimum atomic E-state index is -4.14. The van der Waals surface area contributed by atoms with E-state index in [9.17, 15) is 37.1 Å². The Balaban J connectivity index is 1.22. The van der Waals surface area contributed by atoms with Gasteiger partial charge in [-0.1, -0.05) is 66.9 Å². The number of sulfonamides is 1. The molecule has 13 nitrogen and oxygen atoms in total. The molecule has 0 spiro atoms. The van der Waals surface area contributed by atoms with Crippen molar-refractivity contribution in [2.45, 2.75) is 80.7 Å². The molecule has 0 radical (unpaired) electrons. The largest absolute Gasteiger partial charge is 0.444 e. The zero-order valence-corrected chi connectivity index (χ0v) is 29.5. The predicted octanol–water partition coefficient (Wildman–Crippen LogP) is 2.66. The molecule has 8 atom stereocenters. The van der Waals surface area contributed by atoms with Crippen molar-refractivity contribution < 1.29 is 41.8 Å². The van der Waals surface area contributed by atoms with Gasteiger partial charge in [0, 0.05) is 42.3 Å². The highest BCUT2D eigenvalue weighted by Crippen LogP contribution is 2.47. The summed E-state index contributed by atoms with van der Waals surface area (Å²) in [6.07, 6.45) is 9.06. The topological polar surface area (TPSA) is 174 Å². The Morgan fingerprint density at radius 2 is 1.98 bits per heavy atom. The molecule has 0 bridgehead atoms. The van der Waals surface area contributed by atoms with Crippen molar-refractivity contribution in [1.29, 1.82) is 0 Å². The van der Waals surface area contributed by atoms with Crippen LogP contribution in [0.15, 0.2) is 60.5 Å². The van der Waals surface area contributed by atoms with E-state index in [0.29, 0.717) is 31.2 Å². The van der Waals surface area contributed by atoms with Crippen LogP contribution in [-0.4, -0.2) is 97.2 Å². The molecule has 3 heterocycles. The first kappa shape index (κ1) is 37.0. The van der Waals surface area contributed by atoms with Gasteiger partial charge in [0.05, 0.1) is 17.8 Å². The lowest BCUT2D eigenvalue weighted by molar-refractivity contribution is -0.141. The number of rotatable bonds is 8. The number of aliphatic hydroxyl groups excluding tert-OH is 1. The minimum absolute atomic E-state index is 0.0864. The number of allylic oxidation sites excluding steroid dienone is 3. The molecule has 4 N–H and O–H groups in total. The third kappa shape index (κ3) is 8.32. The van der Waals surface area contributed by atoms with Gasteiger partial charge in [-0.05, 0) is 43.4 Å². The van der Waals surface area contributed by atoms with Crippen LogP contribution in [0.2, 0.25) is 5.02 Å². The second-order valence-electron chi connectivity index (χ2n) is 14.0. The van der Waals surface area contributed by atoms with Crippen molar-refractivity contribution in [1.82, 2.24) is 25.2 Å². The number of halogens is 2. The Labute approximate surface area is 301 Å². The lowest BCUT2D eigenvalue weighted by Gasteiger charge is -2.31. The van der Waals surface area contributed by atoms with E-state index in [-0.39, 0.29) is 49.2 Å². The van der Waals surface area contributed by atoms with Crippen LogP contribution in [0.4, 0.5) is 9.18 Å². The zero-order valence-electron chi connectivity index (χ0n) is 28.0. The molecule has 1 saturated carbocycles. The maximum atomic E-state index is 14.4. The van der Waals surface area contributed by atoms with Gasteiger partial charge < -0.3 is 30.3 Å². The van der Waals surface area contributed by atoms with Crippen LogP contribution in [0.5, 0.6) is 0 Å². The Hall–Kier alpha value is -3.79. The van der Waals surface area contributed by atoms with Gasteiger partial charge in [-0.15, -0.1) is 0 Å². The molecule has 1 aromatic carbocycles. The summed E-state index contributed by atoms with van der Waals surface area (Å²) >= 11 is 6.19. The van der Waals surface area contributed by atoms with Crippen LogP contribution in [0.25, 0.3) is 0 Å². The minimum Gasteiger partial charge on any atom is -0.444 e. The first-order valence-electron chi connectivity index (χ1n) is 17.3. The summed E-state index contributed by atoms with van der Waals surface area (Å²) in [7, 11) is -4.14. The normalized spacial score (nSPS) is 32.3. The number of amides is 4. The number of hydrogen-bond acceptors (Lipinski definition) is 8. The van der Waals surface area contributed by atoms with E-state index >= 15 is 0 Å². The molecule has 2 aliphatic carbocycles. The predicted molar refractivity (Wildman–Crippen MR) is 185 cm³/mol. The highest BCUT2D eigenvalue weighted by molar-refractivity contribution is 7.88. The van der Waals surface area contributed by atoms with Crippen molar-refractivity contribution >= 4 is 45.9 Å². The van der Waals surface area contributed by atoms with Gasteiger partial charge in [0.15, 0.2) is 0 Å². The molecule has 16 heteroatoms. The fourth-order valence-electron chi connectivity index (χ4n) is 7.60. The highest BCUT2D eigenvalue weighted by atomic mass is 35.5. The molecule has 1 aromatic rings. The number of nitrogens with zero attached hydrogens (tertiary/aromatic N) is 2. The lowest BCUT2D eigenvalue weighted by Crippen LogP contribution is -2.59. The molecule has 5 aliphatic rings. The Morgan fingerprint density at radius 3 is 2.75 bits per heavy atom. The maximum Gasteiger partial charge on any atom is 0.410 e. The molecule has 3 unspecified atom stereocenters. The van der Waals surface area contributed by atoms with Crippen molar-refractivity contribution in [3.8, 4) is 0 Å². The van der Waals surface area contributed by atoms with Crippen LogP contribution in [0, 0.1) is 17.8 Å². The molecule has 4 amide bonds. The van der Waals surface area contributed by atoms with Crippen LogP contribution in [0.1, 0.15) is 50.5 Å². The van der Waals surface area contributed by atoms with Gasteiger partial charge in [0.1, 0.15) is 30.2 Å². The molecule has 0 aromatic heterocycles. The molecule has 51 heavy (non-hydrogen) atoms. The van der Waals surface area contributed by atoms with Crippen molar-refractivity contribution in [2.24, 2.45) is 17.8 Å². The second-order valence-corrected chi connectivity index (χ2v) is 16.1. The number of ether oxygens (including phenoxy) is 1. The van der Waals surface area contributed by atoms with Crippen LogP contribution < -0.4 is 15.4 Å². The van der Waals surface area contributed by atoms with Gasteiger partial charge in [-0.2, -0.15) is 4.72 Å². The Bertz CT molecular complexity index is 1720. The van der Waals surface area contributed by atoms with Crippen molar-refractivity contribution in [3.63, 3.8) is 0 Å². The quantitative estimate of drug-likeness (QED) is 0.179. The molecular weight excluding hydrogens is 705 g/mol. The summed E-state index contributed by atoms with van der Waals surface area (Å²) in [5.74, 6) is -3.08. The molecule has 3 aliphatic heterocycles. The fourth-order valence-corrected chi connectivity index (χ4v) is 9.18. The third-order valence-corrected chi connectivity index (χ3v) is 12.1. The Morgan fingerprint density at radius 1 is 1.18 bits per heavy atom. The van der Waals surface area contributed by atoms with Gasteiger partial charge in [-0.25, -0.2) is 17.6 Å². The summed E-state index contributed by atoms with van der Waals surface area (Å²) in [6, 6.07) is 4.33. The number of likely N-dealkylation sites (tertiary alicyclic amines) is 1. The van der Waals surface area contributed by atoms with E-state index in [0.717, 1.165) is 12.8 Å². The highest BCUT2D eigenvalue weighted by Gasteiger charge is 2.61. The molecule has 276 valence electrons. The average molecular weight is 748 g/mol. The van der Waals surface area contributed by atoms with Gasteiger partial charge in [0.2, 0.25) is 28.2 Å². The second kappa shape index (κ2) is 15.4.